The minimum absolute atomic E-state index is 0.0453. The van der Waals surface area contributed by atoms with E-state index in [1.807, 2.05) is 12.1 Å². The molecule has 3 heteroatoms. The van der Waals surface area contributed by atoms with Gasteiger partial charge in [-0.1, -0.05) is 69.6 Å². The molecule has 1 aromatic rings. The SMILES string of the molecule is CC(C)OCCCSCCCCCCCCCCCCc1ccccc1F. The van der Waals surface area contributed by atoms with E-state index in [2.05, 4.69) is 25.6 Å². The quantitative estimate of drug-likeness (QED) is 0.234. The number of halogens is 1. The molecule has 1 rings (SSSR count). The van der Waals surface area contributed by atoms with Crippen LogP contribution in [0.15, 0.2) is 24.3 Å². The molecule has 0 spiro atoms. The molecule has 27 heavy (non-hydrogen) atoms. The lowest BCUT2D eigenvalue weighted by Gasteiger charge is -2.07. The number of thioether (sulfide) groups is 1. The van der Waals surface area contributed by atoms with Crippen molar-refractivity contribution in [1.29, 1.82) is 0 Å². The van der Waals surface area contributed by atoms with Crippen molar-refractivity contribution in [1.82, 2.24) is 0 Å². The molecule has 0 fully saturated rings. The fourth-order valence-corrected chi connectivity index (χ4v) is 4.15. The van der Waals surface area contributed by atoms with Gasteiger partial charge in [-0.3, -0.25) is 0 Å². The van der Waals surface area contributed by atoms with Crippen LogP contribution in [0.25, 0.3) is 0 Å². The van der Waals surface area contributed by atoms with Crippen LogP contribution >= 0.6 is 11.8 Å². The first-order chi connectivity index (χ1) is 13.2. The smallest absolute Gasteiger partial charge is 0.126 e. The summed E-state index contributed by atoms with van der Waals surface area (Å²) in [6, 6.07) is 7.17. The highest BCUT2D eigenvalue weighted by Gasteiger charge is 2.00. The number of benzene rings is 1. The van der Waals surface area contributed by atoms with Gasteiger partial charge in [-0.2, -0.15) is 11.8 Å². The zero-order valence-electron chi connectivity index (χ0n) is 17.7. The lowest BCUT2D eigenvalue weighted by atomic mass is 10.0. The maximum Gasteiger partial charge on any atom is 0.126 e. The molecule has 0 bridgehead atoms. The van der Waals surface area contributed by atoms with Crippen molar-refractivity contribution >= 4 is 11.8 Å². The summed E-state index contributed by atoms with van der Waals surface area (Å²) >= 11 is 2.08. The second kappa shape index (κ2) is 17.6. The van der Waals surface area contributed by atoms with Crippen molar-refractivity contribution in [3.05, 3.63) is 35.6 Å². The van der Waals surface area contributed by atoms with Crippen molar-refractivity contribution in [2.24, 2.45) is 0 Å². The average molecular weight is 397 g/mol. The summed E-state index contributed by atoms with van der Waals surface area (Å²) in [4.78, 5) is 0. The third-order valence-corrected chi connectivity index (χ3v) is 5.98. The fourth-order valence-electron chi connectivity index (χ4n) is 3.22. The first kappa shape index (κ1) is 24.5. The van der Waals surface area contributed by atoms with Crippen molar-refractivity contribution in [2.45, 2.75) is 97.0 Å². The van der Waals surface area contributed by atoms with Gasteiger partial charge in [-0.25, -0.2) is 4.39 Å². The van der Waals surface area contributed by atoms with E-state index in [1.165, 1.54) is 75.7 Å². The largest absolute Gasteiger partial charge is 0.379 e. The van der Waals surface area contributed by atoms with E-state index in [4.69, 9.17) is 4.74 Å². The molecular weight excluding hydrogens is 355 g/mol. The highest BCUT2D eigenvalue weighted by Crippen LogP contribution is 2.15. The lowest BCUT2D eigenvalue weighted by molar-refractivity contribution is 0.0800. The van der Waals surface area contributed by atoms with Gasteiger partial charge < -0.3 is 4.74 Å². The van der Waals surface area contributed by atoms with Gasteiger partial charge in [0.25, 0.3) is 0 Å². The molecule has 0 atom stereocenters. The summed E-state index contributed by atoms with van der Waals surface area (Å²) in [7, 11) is 0. The number of ether oxygens (including phenoxy) is 1. The minimum Gasteiger partial charge on any atom is -0.379 e. The number of aryl methyl sites for hydroxylation is 1. The van der Waals surface area contributed by atoms with Crippen LogP contribution in [0.3, 0.4) is 0 Å². The molecular formula is C24H41FOS. The molecule has 0 radical (unpaired) electrons. The maximum atomic E-state index is 13.5. The molecule has 0 unspecified atom stereocenters. The van der Waals surface area contributed by atoms with Crippen LogP contribution in [0.2, 0.25) is 0 Å². The highest BCUT2D eigenvalue weighted by molar-refractivity contribution is 7.99. The van der Waals surface area contributed by atoms with Crippen LogP contribution in [0.1, 0.15) is 90.0 Å². The molecule has 0 N–H and O–H groups in total. The Morgan fingerprint density at radius 3 is 1.96 bits per heavy atom. The van der Waals surface area contributed by atoms with Gasteiger partial charge in [0.1, 0.15) is 5.82 Å². The average Bonchev–Trinajstić information content (AvgIpc) is 2.65. The molecule has 156 valence electrons. The van der Waals surface area contributed by atoms with Crippen LogP contribution < -0.4 is 0 Å². The van der Waals surface area contributed by atoms with E-state index in [-0.39, 0.29) is 5.82 Å². The molecule has 1 nitrogen and oxygen atoms in total. The zero-order chi connectivity index (χ0) is 19.6. The third kappa shape index (κ3) is 15.1. The van der Waals surface area contributed by atoms with Crippen LogP contribution in [-0.2, 0) is 11.2 Å². The molecule has 0 saturated carbocycles. The van der Waals surface area contributed by atoms with Crippen molar-refractivity contribution in [3.63, 3.8) is 0 Å². The molecule has 0 aromatic heterocycles. The maximum absolute atomic E-state index is 13.5. The van der Waals surface area contributed by atoms with Gasteiger partial charge in [-0.15, -0.1) is 0 Å². The van der Waals surface area contributed by atoms with Gasteiger partial charge in [-0.05, 0) is 62.7 Å². The second-order valence-corrected chi connectivity index (χ2v) is 8.99. The van der Waals surface area contributed by atoms with Gasteiger partial charge >= 0.3 is 0 Å². The number of unbranched alkanes of at least 4 members (excludes halogenated alkanes) is 9. The van der Waals surface area contributed by atoms with Gasteiger partial charge in [0, 0.05) is 6.61 Å². The monoisotopic (exact) mass is 396 g/mol. The van der Waals surface area contributed by atoms with Crippen LogP contribution in [-0.4, -0.2) is 24.2 Å². The summed E-state index contributed by atoms with van der Waals surface area (Å²) in [6.45, 7) is 5.11. The highest BCUT2D eigenvalue weighted by atomic mass is 32.2. The summed E-state index contributed by atoms with van der Waals surface area (Å²) in [5, 5.41) is 0. The predicted octanol–water partition coefficient (Wildman–Crippen LogP) is 7.82. The van der Waals surface area contributed by atoms with Gasteiger partial charge in [0.15, 0.2) is 0 Å². The van der Waals surface area contributed by atoms with Crippen molar-refractivity contribution < 1.29 is 9.13 Å². The van der Waals surface area contributed by atoms with Gasteiger partial charge in [0.2, 0.25) is 0 Å². The van der Waals surface area contributed by atoms with Gasteiger partial charge in [0.05, 0.1) is 6.10 Å². The Bertz CT molecular complexity index is 450. The normalized spacial score (nSPS) is 11.4. The lowest BCUT2D eigenvalue weighted by Crippen LogP contribution is -2.04. The van der Waals surface area contributed by atoms with E-state index in [1.54, 1.807) is 12.1 Å². The molecule has 0 amide bonds. The predicted molar refractivity (Wildman–Crippen MR) is 119 cm³/mol. The van der Waals surface area contributed by atoms with Crippen molar-refractivity contribution in [3.8, 4) is 0 Å². The second-order valence-electron chi connectivity index (χ2n) is 7.76. The van der Waals surface area contributed by atoms with E-state index in [9.17, 15) is 4.39 Å². The standard InChI is InChI=1S/C24H41FOS/c1-22(2)26-19-15-21-27-20-14-10-8-6-4-3-5-7-9-11-16-23-17-12-13-18-24(23)25/h12-13,17-18,22H,3-11,14-16,19-21H2,1-2H3. The Morgan fingerprint density at radius 2 is 1.33 bits per heavy atom. The molecule has 0 saturated heterocycles. The minimum atomic E-state index is -0.0453. The van der Waals surface area contributed by atoms with Crippen LogP contribution in [0.5, 0.6) is 0 Å². The Balaban J connectivity index is 1.74. The first-order valence-electron chi connectivity index (χ1n) is 11.1. The molecule has 0 aliphatic carbocycles. The summed E-state index contributed by atoms with van der Waals surface area (Å²) in [6.07, 6.45) is 15.7. The third-order valence-electron chi connectivity index (χ3n) is 4.83. The summed E-state index contributed by atoms with van der Waals surface area (Å²) in [5.41, 5.74) is 0.875. The Hall–Kier alpha value is -0.540. The van der Waals surface area contributed by atoms with Crippen LogP contribution in [0.4, 0.5) is 4.39 Å². The first-order valence-corrected chi connectivity index (χ1v) is 12.3. The molecule has 0 heterocycles. The number of hydrogen-bond donors (Lipinski definition) is 0. The van der Waals surface area contributed by atoms with Crippen LogP contribution in [0, 0.1) is 5.82 Å². The molecule has 0 aliphatic rings. The topological polar surface area (TPSA) is 9.23 Å². The molecule has 1 aromatic carbocycles. The van der Waals surface area contributed by atoms with E-state index >= 15 is 0 Å². The number of rotatable bonds is 18. The fraction of sp³-hybridized carbons (Fsp3) is 0.750. The Labute approximate surface area is 171 Å². The number of hydrogen-bond acceptors (Lipinski definition) is 2. The Morgan fingerprint density at radius 1 is 0.778 bits per heavy atom. The van der Waals surface area contributed by atoms with Crippen molar-refractivity contribution in [2.75, 3.05) is 18.1 Å². The van der Waals surface area contributed by atoms with E-state index < -0.39 is 0 Å². The molecule has 0 aliphatic heterocycles. The van der Waals surface area contributed by atoms with E-state index in [0.29, 0.717) is 6.10 Å². The van der Waals surface area contributed by atoms with E-state index in [0.717, 1.165) is 25.0 Å². The summed E-state index contributed by atoms with van der Waals surface area (Å²) < 4.78 is 19.1. The summed E-state index contributed by atoms with van der Waals surface area (Å²) in [5.74, 6) is 2.50. The zero-order valence-corrected chi connectivity index (χ0v) is 18.5. The Kier molecular flexibility index (Phi) is 15.9.